The Labute approximate surface area is 135 Å². The van der Waals surface area contributed by atoms with Crippen molar-refractivity contribution in [1.82, 2.24) is 9.78 Å². The van der Waals surface area contributed by atoms with Gasteiger partial charge in [-0.3, -0.25) is 4.68 Å². The number of benzene rings is 1. The van der Waals surface area contributed by atoms with Gasteiger partial charge in [-0.05, 0) is 41.4 Å². The molecule has 0 fully saturated rings. The van der Waals surface area contributed by atoms with Crippen LogP contribution in [0.15, 0.2) is 28.7 Å². The van der Waals surface area contributed by atoms with Crippen LogP contribution < -0.4 is 10.2 Å². The van der Waals surface area contributed by atoms with Gasteiger partial charge in [-0.15, -0.1) is 0 Å². The maximum Gasteiger partial charge on any atom is 0.0767 e. The van der Waals surface area contributed by atoms with E-state index in [-0.39, 0.29) is 0 Å². The molecule has 0 amide bonds. The molecule has 2 aromatic rings. The Morgan fingerprint density at radius 1 is 1.24 bits per heavy atom. The van der Waals surface area contributed by atoms with Gasteiger partial charge in [-0.25, -0.2) is 0 Å². The normalized spacial score (nSPS) is 10.7. The van der Waals surface area contributed by atoms with E-state index >= 15 is 0 Å². The summed E-state index contributed by atoms with van der Waals surface area (Å²) in [5, 5.41) is 8.17. The van der Waals surface area contributed by atoms with Crippen LogP contribution in [0, 0.1) is 0 Å². The lowest BCUT2D eigenvalue weighted by Gasteiger charge is -2.18. The number of aromatic nitrogens is 2. The van der Waals surface area contributed by atoms with Crippen molar-refractivity contribution in [2.75, 3.05) is 24.3 Å². The number of halogens is 1. The number of hydrogen-bond donors (Lipinski definition) is 1. The summed E-state index contributed by atoms with van der Waals surface area (Å²) in [4.78, 5) is 2.12. The molecule has 0 saturated carbocycles. The molecule has 0 spiro atoms. The van der Waals surface area contributed by atoms with Crippen LogP contribution >= 0.6 is 15.9 Å². The van der Waals surface area contributed by atoms with Crippen LogP contribution in [-0.2, 0) is 19.5 Å². The van der Waals surface area contributed by atoms with Crippen molar-refractivity contribution in [2.24, 2.45) is 0 Å². The van der Waals surface area contributed by atoms with Crippen LogP contribution in [0.4, 0.5) is 11.4 Å². The molecule has 0 aliphatic carbocycles. The average Bonchev–Trinajstić information content (AvgIpc) is 2.80. The van der Waals surface area contributed by atoms with E-state index in [0.29, 0.717) is 0 Å². The largest absolute Gasteiger partial charge is 0.378 e. The standard InChI is InChI=1S/C16H23BrN4/c1-5-12-16(17)15(21(6-2)19-12)11-18-13-9-7-8-10-14(13)20(3)4/h7-10,18H,5-6,11H2,1-4H3. The van der Waals surface area contributed by atoms with Gasteiger partial charge in [0.2, 0.25) is 0 Å². The van der Waals surface area contributed by atoms with E-state index in [4.69, 9.17) is 0 Å². The van der Waals surface area contributed by atoms with Crippen molar-refractivity contribution >= 4 is 27.3 Å². The van der Waals surface area contributed by atoms with Crippen LogP contribution in [0.2, 0.25) is 0 Å². The number of aryl methyl sites for hydroxylation is 2. The number of anilines is 2. The fourth-order valence-corrected chi connectivity index (χ4v) is 3.08. The smallest absolute Gasteiger partial charge is 0.0767 e. The third-order valence-electron chi connectivity index (χ3n) is 3.53. The van der Waals surface area contributed by atoms with Gasteiger partial charge in [-0.1, -0.05) is 19.1 Å². The van der Waals surface area contributed by atoms with Gasteiger partial charge >= 0.3 is 0 Å². The molecular formula is C16H23BrN4. The molecule has 1 aromatic carbocycles. The van der Waals surface area contributed by atoms with E-state index in [1.807, 2.05) is 0 Å². The molecule has 1 heterocycles. The van der Waals surface area contributed by atoms with Gasteiger partial charge < -0.3 is 10.2 Å². The van der Waals surface area contributed by atoms with Gasteiger partial charge in [0.1, 0.15) is 0 Å². The lowest BCUT2D eigenvalue weighted by molar-refractivity contribution is 0.619. The SMILES string of the molecule is CCc1nn(CC)c(CNc2ccccc2N(C)C)c1Br. The molecular weight excluding hydrogens is 328 g/mol. The highest BCUT2D eigenvalue weighted by atomic mass is 79.9. The van der Waals surface area contributed by atoms with Crippen LogP contribution in [0.25, 0.3) is 0 Å². The first kappa shape index (κ1) is 15.9. The second-order valence-electron chi connectivity index (χ2n) is 5.14. The van der Waals surface area contributed by atoms with Crippen molar-refractivity contribution in [3.05, 3.63) is 40.1 Å². The summed E-state index contributed by atoms with van der Waals surface area (Å²) >= 11 is 3.69. The predicted octanol–water partition coefficient (Wildman–Crippen LogP) is 3.91. The van der Waals surface area contributed by atoms with Gasteiger partial charge in [0.25, 0.3) is 0 Å². The minimum Gasteiger partial charge on any atom is -0.378 e. The van der Waals surface area contributed by atoms with Gasteiger partial charge in [0.05, 0.1) is 33.8 Å². The van der Waals surface area contributed by atoms with E-state index in [0.717, 1.165) is 35.4 Å². The molecule has 1 aromatic heterocycles. The zero-order valence-corrected chi connectivity index (χ0v) is 14.7. The van der Waals surface area contributed by atoms with Crippen LogP contribution in [0.5, 0.6) is 0 Å². The van der Waals surface area contributed by atoms with Crippen LogP contribution in [0.3, 0.4) is 0 Å². The fraction of sp³-hybridized carbons (Fsp3) is 0.438. The Balaban J connectivity index is 2.23. The zero-order valence-electron chi connectivity index (χ0n) is 13.2. The molecule has 4 nitrogen and oxygen atoms in total. The number of para-hydroxylation sites is 2. The summed E-state index contributed by atoms with van der Waals surface area (Å²) in [5.41, 5.74) is 4.64. The zero-order chi connectivity index (χ0) is 15.4. The Hall–Kier alpha value is -1.49. The molecule has 0 radical (unpaired) electrons. The van der Waals surface area contributed by atoms with Crippen molar-refractivity contribution in [2.45, 2.75) is 33.4 Å². The summed E-state index contributed by atoms with van der Waals surface area (Å²) < 4.78 is 3.19. The molecule has 0 bridgehead atoms. The molecule has 2 rings (SSSR count). The van der Waals surface area contributed by atoms with Crippen LogP contribution in [0.1, 0.15) is 25.2 Å². The number of nitrogens with zero attached hydrogens (tertiary/aromatic N) is 3. The quantitative estimate of drug-likeness (QED) is 0.857. The second-order valence-corrected chi connectivity index (χ2v) is 5.93. The Kier molecular flexibility index (Phi) is 5.28. The van der Waals surface area contributed by atoms with Crippen molar-refractivity contribution < 1.29 is 0 Å². The maximum absolute atomic E-state index is 4.64. The first-order valence-electron chi connectivity index (χ1n) is 7.32. The number of hydrogen-bond acceptors (Lipinski definition) is 3. The molecule has 0 atom stereocenters. The topological polar surface area (TPSA) is 33.1 Å². The summed E-state index contributed by atoms with van der Waals surface area (Å²) in [7, 11) is 4.11. The molecule has 0 aliphatic heterocycles. The van der Waals surface area contributed by atoms with E-state index in [9.17, 15) is 0 Å². The summed E-state index contributed by atoms with van der Waals surface area (Å²) in [6.07, 6.45) is 0.939. The van der Waals surface area contributed by atoms with Crippen molar-refractivity contribution in [3.63, 3.8) is 0 Å². The first-order valence-corrected chi connectivity index (χ1v) is 8.12. The van der Waals surface area contributed by atoms with Gasteiger partial charge in [0.15, 0.2) is 0 Å². The fourth-order valence-electron chi connectivity index (χ4n) is 2.38. The maximum atomic E-state index is 4.64. The third kappa shape index (κ3) is 3.40. The van der Waals surface area contributed by atoms with Crippen molar-refractivity contribution in [1.29, 1.82) is 0 Å². The van der Waals surface area contributed by atoms with E-state index in [1.165, 1.54) is 11.4 Å². The highest BCUT2D eigenvalue weighted by Gasteiger charge is 2.14. The van der Waals surface area contributed by atoms with E-state index in [1.54, 1.807) is 0 Å². The molecule has 114 valence electrons. The summed E-state index contributed by atoms with van der Waals surface area (Å²) in [6, 6.07) is 8.34. The highest BCUT2D eigenvalue weighted by Crippen LogP contribution is 2.27. The molecule has 0 aliphatic rings. The molecule has 0 unspecified atom stereocenters. The summed E-state index contributed by atoms with van der Waals surface area (Å²) in [6.45, 7) is 5.89. The van der Waals surface area contributed by atoms with Crippen LogP contribution in [-0.4, -0.2) is 23.9 Å². The molecule has 0 saturated heterocycles. The summed E-state index contributed by atoms with van der Waals surface area (Å²) in [5.74, 6) is 0. The Bertz CT molecular complexity index is 604. The average molecular weight is 351 g/mol. The Morgan fingerprint density at radius 2 is 1.95 bits per heavy atom. The van der Waals surface area contributed by atoms with Gasteiger partial charge in [0, 0.05) is 20.6 Å². The lowest BCUT2D eigenvalue weighted by Crippen LogP contribution is -2.13. The van der Waals surface area contributed by atoms with Crippen molar-refractivity contribution in [3.8, 4) is 0 Å². The third-order valence-corrected chi connectivity index (χ3v) is 4.44. The Morgan fingerprint density at radius 3 is 2.57 bits per heavy atom. The monoisotopic (exact) mass is 350 g/mol. The minimum absolute atomic E-state index is 0.756. The molecule has 1 N–H and O–H groups in total. The highest BCUT2D eigenvalue weighted by molar-refractivity contribution is 9.10. The molecule has 5 heteroatoms. The van der Waals surface area contributed by atoms with E-state index < -0.39 is 0 Å². The first-order chi connectivity index (χ1) is 10.1. The number of rotatable bonds is 6. The second kappa shape index (κ2) is 6.98. The predicted molar refractivity (Wildman–Crippen MR) is 93.1 cm³/mol. The van der Waals surface area contributed by atoms with E-state index in [2.05, 4.69) is 88.1 Å². The minimum atomic E-state index is 0.756. The molecule has 21 heavy (non-hydrogen) atoms. The lowest BCUT2D eigenvalue weighted by atomic mass is 10.2. The number of nitrogens with one attached hydrogen (secondary N) is 1. The van der Waals surface area contributed by atoms with Gasteiger partial charge in [-0.2, -0.15) is 5.10 Å².